The SMILES string of the molecule is CN(Cc1ccc(C2(F)COC2)cc1)CC1(F)CCC1. The van der Waals surface area contributed by atoms with Gasteiger partial charge in [-0.05, 0) is 37.4 Å². The molecule has 1 heterocycles. The Morgan fingerprint density at radius 2 is 1.80 bits per heavy atom. The number of alkyl halides is 2. The van der Waals surface area contributed by atoms with E-state index in [1.807, 2.05) is 36.2 Å². The van der Waals surface area contributed by atoms with Gasteiger partial charge in [0.2, 0.25) is 0 Å². The lowest BCUT2D eigenvalue weighted by molar-refractivity contribution is -0.135. The summed E-state index contributed by atoms with van der Waals surface area (Å²) in [4.78, 5) is 2.01. The van der Waals surface area contributed by atoms with Crippen LogP contribution in [-0.4, -0.2) is 37.4 Å². The Labute approximate surface area is 118 Å². The lowest BCUT2D eigenvalue weighted by atomic mass is 9.81. The van der Waals surface area contributed by atoms with Gasteiger partial charge in [-0.2, -0.15) is 0 Å². The Morgan fingerprint density at radius 1 is 1.15 bits per heavy atom. The van der Waals surface area contributed by atoms with Crippen molar-refractivity contribution in [1.82, 2.24) is 4.90 Å². The van der Waals surface area contributed by atoms with Crippen LogP contribution in [0.1, 0.15) is 30.4 Å². The number of ether oxygens (including phenoxy) is 1. The number of nitrogens with zero attached hydrogens (tertiary/aromatic N) is 1. The number of rotatable bonds is 5. The average molecular weight is 281 g/mol. The fourth-order valence-corrected chi connectivity index (χ4v) is 2.93. The molecule has 1 saturated heterocycles. The molecule has 0 bridgehead atoms. The highest BCUT2D eigenvalue weighted by Crippen LogP contribution is 2.36. The summed E-state index contributed by atoms with van der Waals surface area (Å²) in [7, 11) is 1.93. The van der Waals surface area contributed by atoms with E-state index in [9.17, 15) is 8.78 Å². The third-order valence-corrected chi connectivity index (χ3v) is 4.39. The van der Waals surface area contributed by atoms with Gasteiger partial charge in [0.15, 0.2) is 5.67 Å². The third kappa shape index (κ3) is 2.72. The normalized spacial score (nSPS) is 23.2. The molecule has 4 heteroatoms. The van der Waals surface area contributed by atoms with E-state index in [2.05, 4.69) is 0 Å². The largest absolute Gasteiger partial charge is 0.374 e. The van der Waals surface area contributed by atoms with Gasteiger partial charge in [-0.15, -0.1) is 0 Å². The van der Waals surface area contributed by atoms with Gasteiger partial charge in [0, 0.05) is 13.1 Å². The second-order valence-corrected chi connectivity index (χ2v) is 6.33. The molecule has 2 nitrogen and oxygen atoms in total. The summed E-state index contributed by atoms with van der Waals surface area (Å²) in [6.45, 7) is 1.48. The zero-order valence-corrected chi connectivity index (χ0v) is 11.9. The Kier molecular flexibility index (Phi) is 3.55. The van der Waals surface area contributed by atoms with Crippen molar-refractivity contribution in [2.45, 2.75) is 37.1 Å². The molecular weight excluding hydrogens is 260 g/mol. The Bertz CT molecular complexity index is 466. The Balaban J connectivity index is 1.57. The lowest BCUT2D eigenvalue weighted by Crippen LogP contribution is -2.43. The average Bonchev–Trinajstić information content (AvgIpc) is 2.35. The van der Waals surface area contributed by atoms with Crippen LogP contribution in [0, 0.1) is 0 Å². The van der Waals surface area contributed by atoms with E-state index in [0.29, 0.717) is 31.5 Å². The second-order valence-electron chi connectivity index (χ2n) is 6.33. The molecule has 2 fully saturated rings. The minimum absolute atomic E-state index is 0.149. The number of hydrogen-bond acceptors (Lipinski definition) is 2. The van der Waals surface area contributed by atoms with Gasteiger partial charge in [0.25, 0.3) is 0 Å². The maximum atomic E-state index is 14.1. The molecule has 0 spiro atoms. The monoisotopic (exact) mass is 281 g/mol. The van der Waals surface area contributed by atoms with Crippen LogP contribution in [0.2, 0.25) is 0 Å². The van der Waals surface area contributed by atoms with Crippen molar-refractivity contribution in [3.8, 4) is 0 Å². The number of benzene rings is 1. The highest BCUT2D eigenvalue weighted by Gasteiger charge is 2.40. The van der Waals surface area contributed by atoms with Crippen LogP contribution in [0.15, 0.2) is 24.3 Å². The second kappa shape index (κ2) is 5.08. The standard InChI is InChI=1S/C16H21F2NO/c1-19(10-15(17)7-2-8-15)9-13-3-5-14(6-4-13)16(18)11-20-12-16/h3-6H,2,7-12H2,1H3. The zero-order valence-electron chi connectivity index (χ0n) is 11.9. The van der Waals surface area contributed by atoms with Crippen LogP contribution < -0.4 is 0 Å². The van der Waals surface area contributed by atoms with Gasteiger partial charge in [-0.3, -0.25) is 4.90 Å². The molecule has 0 aromatic heterocycles. The maximum absolute atomic E-state index is 14.1. The highest BCUT2D eigenvalue weighted by atomic mass is 19.1. The van der Waals surface area contributed by atoms with Gasteiger partial charge in [-0.1, -0.05) is 24.3 Å². The van der Waals surface area contributed by atoms with E-state index < -0.39 is 11.3 Å². The van der Waals surface area contributed by atoms with Crippen molar-refractivity contribution in [2.75, 3.05) is 26.8 Å². The van der Waals surface area contributed by atoms with Crippen LogP contribution >= 0.6 is 0 Å². The van der Waals surface area contributed by atoms with Crippen LogP contribution in [0.25, 0.3) is 0 Å². The molecule has 1 aromatic rings. The minimum Gasteiger partial charge on any atom is -0.374 e. The minimum atomic E-state index is -1.31. The number of halogens is 2. The third-order valence-electron chi connectivity index (χ3n) is 4.39. The molecule has 110 valence electrons. The van der Waals surface area contributed by atoms with Gasteiger partial charge < -0.3 is 4.74 Å². The van der Waals surface area contributed by atoms with Crippen molar-refractivity contribution in [2.24, 2.45) is 0 Å². The van der Waals surface area contributed by atoms with Crippen LogP contribution in [0.4, 0.5) is 8.78 Å². The van der Waals surface area contributed by atoms with E-state index in [1.165, 1.54) is 0 Å². The molecular formula is C16H21F2NO. The summed E-state index contributed by atoms with van der Waals surface area (Å²) in [6.07, 6.45) is 2.36. The molecule has 0 N–H and O–H groups in total. The molecule has 2 aliphatic rings. The van der Waals surface area contributed by atoms with Gasteiger partial charge in [-0.25, -0.2) is 8.78 Å². The zero-order chi connectivity index (χ0) is 14.2. The summed E-state index contributed by atoms with van der Waals surface area (Å²) in [5.74, 6) is 0. The fraction of sp³-hybridized carbons (Fsp3) is 0.625. The molecule has 1 aromatic carbocycles. The first-order valence-electron chi connectivity index (χ1n) is 7.23. The summed E-state index contributed by atoms with van der Waals surface area (Å²) in [5, 5.41) is 0. The summed E-state index contributed by atoms with van der Waals surface area (Å²) < 4.78 is 33.1. The molecule has 0 radical (unpaired) electrons. The van der Waals surface area contributed by atoms with E-state index in [0.717, 1.165) is 12.0 Å². The Morgan fingerprint density at radius 3 is 2.25 bits per heavy atom. The van der Waals surface area contributed by atoms with Crippen LogP contribution in [-0.2, 0) is 17.0 Å². The summed E-state index contributed by atoms with van der Waals surface area (Å²) in [6, 6.07) is 7.49. The molecule has 3 rings (SSSR count). The molecule has 0 atom stereocenters. The fourth-order valence-electron chi connectivity index (χ4n) is 2.93. The van der Waals surface area contributed by atoms with E-state index >= 15 is 0 Å². The quantitative estimate of drug-likeness (QED) is 0.822. The van der Waals surface area contributed by atoms with Crippen molar-refractivity contribution < 1.29 is 13.5 Å². The molecule has 1 aliphatic carbocycles. The van der Waals surface area contributed by atoms with Crippen molar-refractivity contribution in [3.63, 3.8) is 0 Å². The van der Waals surface area contributed by atoms with Gasteiger partial charge >= 0.3 is 0 Å². The van der Waals surface area contributed by atoms with Crippen molar-refractivity contribution in [3.05, 3.63) is 35.4 Å². The predicted molar refractivity (Wildman–Crippen MR) is 74.1 cm³/mol. The summed E-state index contributed by atoms with van der Waals surface area (Å²) in [5.41, 5.74) is -0.528. The smallest absolute Gasteiger partial charge is 0.182 e. The first-order valence-corrected chi connectivity index (χ1v) is 7.23. The molecule has 1 aliphatic heterocycles. The molecule has 20 heavy (non-hydrogen) atoms. The number of hydrogen-bond donors (Lipinski definition) is 0. The molecule has 0 amide bonds. The highest BCUT2D eigenvalue weighted by molar-refractivity contribution is 5.29. The van der Waals surface area contributed by atoms with E-state index in [4.69, 9.17) is 4.74 Å². The Hall–Kier alpha value is -1.00. The van der Waals surface area contributed by atoms with Crippen molar-refractivity contribution in [1.29, 1.82) is 0 Å². The topological polar surface area (TPSA) is 12.5 Å². The first kappa shape index (κ1) is 14.0. The maximum Gasteiger partial charge on any atom is 0.182 e. The van der Waals surface area contributed by atoms with E-state index in [-0.39, 0.29) is 13.2 Å². The van der Waals surface area contributed by atoms with Crippen LogP contribution in [0.5, 0.6) is 0 Å². The van der Waals surface area contributed by atoms with Crippen LogP contribution in [0.3, 0.4) is 0 Å². The van der Waals surface area contributed by atoms with Gasteiger partial charge in [0.1, 0.15) is 5.67 Å². The van der Waals surface area contributed by atoms with Crippen molar-refractivity contribution >= 4 is 0 Å². The summed E-state index contributed by atoms with van der Waals surface area (Å²) >= 11 is 0. The first-order chi connectivity index (χ1) is 9.49. The predicted octanol–water partition coefficient (Wildman–Crippen LogP) is 3.21. The van der Waals surface area contributed by atoms with Gasteiger partial charge in [0.05, 0.1) is 13.2 Å². The molecule has 0 unspecified atom stereocenters. The lowest BCUT2D eigenvalue weighted by Gasteiger charge is -2.37. The van der Waals surface area contributed by atoms with E-state index in [1.54, 1.807) is 0 Å². The molecule has 1 saturated carbocycles.